The molecule has 1 aliphatic carbocycles. The van der Waals surface area contributed by atoms with Crippen molar-refractivity contribution >= 4 is 11.8 Å². The molecule has 0 aromatic rings. The van der Waals surface area contributed by atoms with Gasteiger partial charge >= 0.3 is 0 Å². The van der Waals surface area contributed by atoms with Crippen molar-refractivity contribution in [1.82, 2.24) is 10.6 Å². The van der Waals surface area contributed by atoms with Crippen LogP contribution in [0, 0.1) is 5.41 Å². The first-order chi connectivity index (χ1) is 9.50. The van der Waals surface area contributed by atoms with E-state index in [-0.39, 0.29) is 24.0 Å². The molecule has 0 aromatic carbocycles. The van der Waals surface area contributed by atoms with E-state index in [0.29, 0.717) is 6.54 Å². The van der Waals surface area contributed by atoms with Crippen molar-refractivity contribution in [3.05, 3.63) is 0 Å². The number of ether oxygens (including phenoxy) is 1. The van der Waals surface area contributed by atoms with Crippen molar-refractivity contribution in [2.45, 2.75) is 64.5 Å². The van der Waals surface area contributed by atoms with E-state index in [0.717, 1.165) is 45.1 Å². The molecule has 1 saturated heterocycles. The Balaban J connectivity index is 1.80. The van der Waals surface area contributed by atoms with Gasteiger partial charge in [0.05, 0.1) is 6.10 Å². The first kappa shape index (κ1) is 15.3. The third kappa shape index (κ3) is 3.72. The predicted molar refractivity (Wildman–Crippen MR) is 76.2 cm³/mol. The molecule has 0 radical (unpaired) electrons. The molecule has 2 N–H and O–H groups in total. The summed E-state index contributed by atoms with van der Waals surface area (Å²) in [6.45, 7) is 4.63. The summed E-state index contributed by atoms with van der Waals surface area (Å²) in [6, 6.07) is 0.243. The molecule has 1 atom stereocenters. The molecular formula is C15H26N2O3. The first-order valence-corrected chi connectivity index (χ1v) is 7.71. The quantitative estimate of drug-likeness (QED) is 0.748. The normalized spacial score (nSPS) is 23.8. The molecule has 20 heavy (non-hydrogen) atoms. The van der Waals surface area contributed by atoms with Crippen LogP contribution in [0.25, 0.3) is 0 Å². The van der Waals surface area contributed by atoms with Crippen LogP contribution < -0.4 is 10.6 Å². The highest BCUT2D eigenvalue weighted by atomic mass is 16.5. The molecule has 1 saturated carbocycles. The highest BCUT2D eigenvalue weighted by Crippen LogP contribution is 2.21. The van der Waals surface area contributed by atoms with Gasteiger partial charge in [0, 0.05) is 19.2 Å². The van der Waals surface area contributed by atoms with E-state index in [1.54, 1.807) is 13.8 Å². The van der Waals surface area contributed by atoms with Gasteiger partial charge < -0.3 is 15.4 Å². The van der Waals surface area contributed by atoms with Crippen molar-refractivity contribution in [3.8, 4) is 0 Å². The summed E-state index contributed by atoms with van der Waals surface area (Å²) in [5.41, 5.74) is -1.03. The second kappa shape index (κ2) is 6.57. The lowest BCUT2D eigenvalue weighted by molar-refractivity contribution is -0.142. The molecule has 114 valence electrons. The minimum atomic E-state index is -1.03. The van der Waals surface area contributed by atoms with Gasteiger partial charge in [-0.05, 0) is 39.5 Å². The van der Waals surface area contributed by atoms with Crippen molar-refractivity contribution in [1.29, 1.82) is 0 Å². The van der Waals surface area contributed by atoms with Gasteiger partial charge in [-0.15, -0.1) is 0 Å². The smallest absolute Gasteiger partial charge is 0.235 e. The zero-order chi connectivity index (χ0) is 14.6. The Hall–Kier alpha value is -1.10. The third-order valence-electron chi connectivity index (χ3n) is 4.34. The molecule has 5 nitrogen and oxygen atoms in total. The first-order valence-electron chi connectivity index (χ1n) is 7.71. The minimum absolute atomic E-state index is 0.104. The molecule has 1 heterocycles. The summed E-state index contributed by atoms with van der Waals surface area (Å²) in [5, 5.41) is 5.84. The van der Waals surface area contributed by atoms with Gasteiger partial charge in [-0.2, -0.15) is 0 Å². The Morgan fingerprint density at radius 3 is 2.40 bits per heavy atom. The molecule has 2 amide bonds. The summed E-state index contributed by atoms with van der Waals surface area (Å²) >= 11 is 0. The van der Waals surface area contributed by atoms with Crippen molar-refractivity contribution in [2.75, 3.05) is 13.2 Å². The van der Waals surface area contributed by atoms with Gasteiger partial charge in [0.2, 0.25) is 11.8 Å². The van der Waals surface area contributed by atoms with E-state index in [1.807, 2.05) is 0 Å². The van der Waals surface area contributed by atoms with Gasteiger partial charge in [-0.3, -0.25) is 9.59 Å². The van der Waals surface area contributed by atoms with E-state index in [9.17, 15) is 9.59 Å². The van der Waals surface area contributed by atoms with E-state index in [1.165, 1.54) is 0 Å². The summed E-state index contributed by atoms with van der Waals surface area (Å²) in [4.78, 5) is 24.5. The zero-order valence-corrected chi connectivity index (χ0v) is 12.5. The SMILES string of the molecule is CC(C)(C(=O)NCC1CCCO1)C(=O)NC1CCCC1. The summed E-state index contributed by atoms with van der Waals surface area (Å²) in [6.07, 6.45) is 6.51. The molecular weight excluding hydrogens is 256 g/mol. The van der Waals surface area contributed by atoms with Crippen LogP contribution in [0.1, 0.15) is 52.4 Å². The molecule has 1 aliphatic heterocycles. The van der Waals surface area contributed by atoms with Gasteiger partial charge in [-0.25, -0.2) is 0 Å². The zero-order valence-electron chi connectivity index (χ0n) is 12.5. The Labute approximate surface area is 120 Å². The fraction of sp³-hybridized carbons (Fsp3) is 0.867. The average Bonchev–Trinajstić information content (AvgIpc) is 3.08. The Morgan fingerprint density at radius 1 is 1.10 bits per heavy atom. The fourth-order valence-electron chi connectivity index (χ4n) is 2.77. The number of amides is 2. The van der Waals surface area contributed by atoms with Crippen LogP contribution in [0.15, 0.2) is 0 Å². The van der Waals surface area contributed by atoms with Crippen LogP contribution in [-0.4, -0.2) is 37.1 Å². The highest BCUT2D eigenvalue weighted by Gasteiger charge is 2.37. The maximum absolute atomic E-state index is 12.3. The Morgan fingerprint density at radius 2 is 1.80 bits per heavy atom. The predicted octanol–water partition coefficient (Wildman–Crippen LogP) is 1.37. The second-order valence-electron chi connectivity index (χ2n) is 6.42. The number of hydrogen-bond donors (Lipinski definition) is 2. The van der Waals surface area contributed by atoms with E-state index in [2.05, 4.69) is 10.6 Å². The van der Waals surface area contributed by atoms with E-state index in [4.69, 9.17) is 4.74 Å². The summed E-state index contributed by atoms with van der Waals surface area (Å²) < 4.78 is 5.47. The van der Waals surface area contributed by atoms with Crippen LogP contribution in [0.2, 0.25) is 0 Å². The molecule has 5 heteroatoms. The van der Waals surface area contributed by atoms with Crippen LogP contribution >= 0.6 is 0 Å². The number of carbonyl (C=O) groups is 2. The summed E-state index contributed by atoms with van der Waals surface area (Å²) in [7, 11) is 0. The second-order valence-corrected chi connectivity index (χ2v) is 6.42. The van der Waals surface area contributed by atoms with Crippen LogP contribution in [0.4, 0.5) is 0 Å². The molecule has 2 aliphatic rings. The van der Waals surface area contributed by atoms with Crippen LogP contribution in [0.5, 0.6) is 0 Å². The Bertz CT molecular complexity index is 356. The standard InChI is InChI=1S/C15H26N2O3/c1-15(2,14(19)17-11-6-3-4-7-11)13(18)16-10-12-8-5-9-20-12/h11-12H,3-10H2,1-2H3,(H,16,18)(H,17,19). The lowest BCUT2D eigenvalue weighted by atomic mass is 9.90. The number of hydrogen-bond acceptors (Lipinski definition) is 3. The molecule has 0 spiro atoms. The third-order valence-corrected chi connectivity index (χ3v) is 4.34. The van der Waals surface area contributed by atoms with Gasteiger partial charge in [0.25, 0.3) is 0 Å². The monoisotopic (exact) mass is 282 g/mol. The molecule has 1 unspecified atom stereocenters. The average molecular weight is 282 g/mol. The van der Waals surface area contributed by atoms with E-state index < -0.39 is 5.41 Å². The van der Waals surface area contributed by atoms with Crippen LogP contribution in [0.3, 0.4) is 0 Å². The van der Waals surface area contributed by atoms with Crippen LogP contribution in [-0.2, 0) is 14.3 Å². The van der Waals surface area contributed by atoms with Gasteiger partial charge in [-0.1, -0.05) is 12.8 Å². The lowest BCUT2D eigenvalue weighted by Crippen LogP contribution is -2.51. The molecule has 2 rings (SSSR count). The maximum Gasteiger partial charge on any atom is 0.235 e. The highest BCUT2D eigenvalue weighted by molar-refractivity contribution is 6.04. The van der Waals surface area contributed by atoms with Crippen molar-refractivity contribution in [2.24, 2.45) is 5.41 Å². The van der Waals surface area contributed by atoms with Crippen molar-refractivity contribution in [3.63, 3.8) is 0 Å². The minimum Gasteiger partial charge on any atom is -0.376 e. The molecule has 0 bridgehead atoms. The number of carbonyl (C=O) groups excluding carboxylic acids is 2. The largest absolute Gasteiger partial charge is 0.376 e. The lowest BCUT2D eigenvalue weighted by Gasteiger charge is -2.25. The van der Waals surface area contributed by atoms with Crippen molar-refractivity contribution < 1.29 is 14.3 Å². The van der Waals surface area contributed by atoms with E-state index >= 15 is 0 Å². The Kier molecular flexibility index (Phi) is 5.02. The maximum atomic E-state index is 12.3. The van der Waals surface area contributed by atoms with Gasteiger partial charge in [0.15, 0.2) is 0 Å². The molecule has 0 aromatic heterocycles. The molecule has 2 fully saturated rings. The number of rotatable bonds is 5. The van der Waals surface area contributed by atoms with Gasteiger partial charge in [0.1, 0.15) is 5.41 Å². The number of nitrogens with one attached hydrogen (secondary N) is 2. The fourth-order valence-corrected chi connectivity index (χ4v) is 2.77. The summed E-state index contributed by atoms with van der Waals surface area (Å²) in [5.74, 6) is -0.391. The topological polar surface area (TPSA) is 67.4 Å².